The van der Waals surface area contributed by atoms with E-state index in [2.05, 4.69) is 42.5 Å². The number of carbonyl (C=O) groups excluding carboxylic acids is 1. The van der Waals surface area contributed by atoms with Gasteiger partial charge in [0.25, 0.3) is 0 Å². The number of nitrogens with zero attached hydrogens (tertiary/aromatic N) is 1. The largest absolute Gasteiger partial charge is 0.316 e. The van der Waals surface area contributed by atoms with Crippen molar-refractivity contribution in [2.24, 2.45) is 11.3 Å². The minimum Gasteiger partial charge on any atom is -0.316 e. The third-order valence-corrected chi connectivity index (χ3v) is 5.44. The number of hydrogen-bond donors (Lipinski definition) is 2. The summed E-state index contributed by atoms with van der Waals surface area (Å²) in [7, 11) is 0. The number of aromatic nitrogens is 1. The maximum absolute atomic E-state index is 12.7. The highest BCUT2D eigenvalue weighted by Gasteiger charge is 2.44. The van der Waals surface area contributed by atoms with Crippen LogP contribution in [0.25, 0.3) is 10.2 Å². The third-order valence-electron chi connectivity index (χ3n) is 4.51. The van der Waals surface area contributed by atoms with Gasteiger partial charge in [0.05, 0.1) is 15.6 Å². The first-order valence-electron chi connectivity index (χ1n) is 7.41. The molecule has 1 aliphatic rings. The molecule has 5 heteroatoms. The van der Waals surface area contributed by atoms with Gasteiger partial charge in [-0.2, -0.15) is 0 Å². The van der Waals surface area contributed by atoms with Crippen molar-refractivity contribution in [2.45, 2.75) is 27.2 Å². The van der Waals surface area contributed by atoms with Crippen LogP contribution in [-0.2, 0) is 4.79 Å². The van der Waals surface area contributed by atoms with E-state index >= 15 is 0 Å². The van der Waals surface area contributed by atoms with Gasteiger partial charge < -0.3 is 10.6 Å². The molecule has 1 saturated heterocycles. The predicted octanol–water partition coefficient (Wildman–Crippen LogP) is 3.18. The van der Waals surface area contributed by atoms with Crippen LogP contribution in [0.3, 0.4) is 0 Å². The summed E-state index contributed by atoms with van der Waals surface area (Å²) in [5, 5.41) is 7.06. The molecule has 0 bridgehead atoms. The van der Waals surface area contributed by atoms with Crippen molar-refractivity contribution >= 4 is 32.6 Å². The van der Waals surface area contributed by atoms with Gasteiger partial charge >= 0.3 is 0 Å². The quantitative estimate of drug-likeness (QED) is 0.915. The van der Waals surface area contributed by atoms with Gasteiger partial charge in [-0.15, -0.1) is 0 Å². The minimum atomic E-state index is -0.312. The average molecular weight is 303 g/mol. The van der Waals surface area contributed by atoms with Crippen molar-refractivity contribution in [1.82, 2.24) is 10.3 Å². The number of anilines is 1. The second kappa shape index (κ2) is 5.39. The molecular formula is C16H21N3OS. The summed E-state index contributed by atoms with van der Waals surface area (Å²) in [5.74, 6) is 0.405. The first kappa shape index (κ1) is 14.5. The Morgan fingerprint density at radius 3 is 2.95 bits per heavy atom. The molecule has 1 aromatic carbocycles. The highest BCUT2D eigenvalue weighted by Crippen LogP contribution is 2.36. The van der Waals surface area contributed by atoms with Crippen LogP contribution < -0.4 is 10.6 Å². The smallest absolute Gasteiger partial charge is 0.233 e. The van der Waals surface area contributed by atoms with E-state index < -0.39 is 0 Å². The number of benzene rings is 1. The molecule has 1 fully saturated rings. The number of rotatable bonds is 3. The van der Waals surface area contributed by atoms with Crippen molar-refractivity contribution < 1.29 is 4.79 Å². The van der Waals surface area contributed by atoms with Gasteiger partial charge in [-0.1, -0.05) is 31.3 Å². The third kappa shape index (κ3) is 2.56. The molecule has 0 saturated carbocycles. The monoisotopic (exact) mass is 303 g/mol. The van der Waals surface area contributed by atoms with E-state index in [0.717, 1.165) is 29.7 Å². The molecule has 1 amide bonds. The molecule has 1 atom stereocenters. The van der Waals surface area contributed by atoms with Gasteiger partial charge in [0.2, 0.25) is 5.91 Å². The van der Waals surface area contributed by atoms with Gasteiger partial charge in [-0.05, 0) is 43.5 Å². The molecule has 1 aliphatic heterocycles. The number of thiazole rings is 1. The summed E-state index contributed by atoms with van der Waals surface area (Å²) >= 11 is 1.55. The number of hydrogen-bond acceptors (Lipinski definition) is 4. The van der Waals surface area contributed by atoms with E-state index in [1.165, 1.54) is 5.56 Å². The summed E-state index contributed by atoms with van der Waals surface area (Å²) in [4.78, 5) is 17.3. The van der Waals surface area contributed by atoms with Gasteiger partial charge in [-0.3, -0.25) is 4.79 Å². The molecule has 2 heterocycles. The lowest BCUT2D eigenvalue weighted by atomic mass is 9.75. The van der Waals surface area contributed by atoms with Crippen molar-refractivity contribution in [3.63, 3.8) is 0 Å². The van der Waals surface area contributed by atoms with E-state index in [1.54, 1.807) is 11.3 Å². The number of aryl methyl sites for hydroxylation is 1. The molecular weight excluding hydrogens is 282 g/mol. The molecule has 1 aromatic heterocycles. The van der Waals surface area contributed by atoms with Crippen LogP contribution >= 0.6 is 11.3 Å². The van der Waals surface area contributed by atoms with E-state index in [0.29, 0.717) is 11.0 Å². The van der Waals surface area contributed by atoms with E-state index in [4.69, 9.17) is 0 Å². The molecule has 0 spiro atoms. The molecule has 21 heavy (non-hydrogen) atoms. The molecule has 0 aliphatic carbocycles. The Morgan fingerprint density at radius 2 is 2.29 bits per heavy atom. The summed E-state index contributed by atoms with van der Waals surface area (Å²) in [5.41, 5.74) is 1.85. The topological polar surface area (TPSA) is 54.0 Å². The van der Waals surface area contributed by atoms with Crippen LogP contribution in [0.5, 0.6) is 0 Å². The Labute approximate surface area is 129 Å². The molecule has 112 valence electrons. The minimum absolute atomic E-state index is 0.0956. The molecule has 3 rings (SSSR count). The van der Waals surface area contributed by atoms with Crippen LogP contribution in [0.2, 0.25) is 0 Å². The van der Waals surface area contributed by atoms with Crippen LogP contribution in [0.1, 0.15) is 25.8 Å². The Hall–Kier alpha value is -1.46. The lowest BCUT2D eigenvalue weighted by Gasteiger charge is -2.30. The predicted molar refractivity (Wildman–Crippen MR) is 87.7 cm³/mol. The van der Waals surface area contributed by atoms with Gasteiger partial charge in [0, 0.05) is 6.54 Å². The second-order valence-electron chi connectivity index (χ2n) is 6.18. The van der Waals surface area contributed by atoms with Gasteiger partial charge in [-0.25, -0.2) is 4.98 Å². The SMILES string of the molecule is Cc1ccc2nc(NC(=O)C3(C(C)C)CCNC3)sc2c1. The first-order valence-corrected chi connectivity index (χ1v) is 8.22. The summed E-state index contributed by atoms with van der Waals surface area (Å²) in [6.45, 7) is 7.96. The fourth-order valence-electron chi connectivity index (χ4n) is 2.97. The highest BCUT2D eigenvalue weighted by molar-refractivity contribution is 7.22. The van der Waals surface area contributed by atoms with Crippen LogP contribution in [0.4, 0.5) is 5.13 Å². The summed E-state index contributed by atoms with van der Waals surface area (Å²) < 4.78 is 1.12. The Balaban J connectivity index is 1.85. The first-order chi connectivity index (χ1) is 10.0. The zero-order chi connectivity index (χ0) is 15.0. The summed E-state index contributed by atoms with van der Waals surface area (Å²) in [6, 6.07) is 6.16. The zero-order valence-electron chi connectivity index (χ0n) is 12.7. The van der Waals surface area contributed by atoms with Crippen LogP contribution in [-0.4, -0.2) is 24.0 Å². The van der Waals surface area contributed by atoms with Crippen molar-refractivity contribution in [1.29, 1.82) is 0 Å². The zero-order valence-corrected chi connectivity index (χ0v) is 13.5. The van der Waals surface area contributed by atoms with Crippen molar-refractivity contribution in [3.8, 4) is 0 Å². The molecule has 4 nitrogen and oxygen atoms in total. The number of fused-ring (bicyclic) bond motifs is 1. The molecule has 2 N–H and O–H groups in total. The van der Waals surface area contributed by atoms with Gasteiger partial charge in [0.15, 0.2) is 5.13 Å². The Kier molecular flexibility index (Phi) is 3.71. The second-order valence-corrected chi connectivity index (χ2v) is 7.21. The van der Waals surface area contributed by atoms with E-state index in [1.807, 2.05) is 12.1 Å². The average Bonchev–Trinajstić information content (AvgIpc) is 3.04. The Bertz CT molecular complexity index is 671. The highest BCUT2D eigenvalue weighted by atomic mass is 32.1. The van der Waals surface area contributed by atoms with Crippen molar-refractivity contribution in [3.05, 3.63) is 23.8 Å². The standard InChI is InChI=1S/C16H21N3OS/c1-10(2)16(6-7-17-9-16)14(20)19-15-18-12-5-4-11(3)8-13(12)21-15/h4-5,8,10,17H,6-7,9H2,1-3H3,(H,18,19,20). The maximum Gasteiger partial charge on any atom is 0.233 e. The van der Waals surface area contributed by atoms with Crippen LogP contribution in [0.15, 0.2) is 18.2 Å². The summed E-state index contributed by atoms with van der Waals surface area (Å²) in [6.07, 6.45) is 0.889. The normalized spacial score (nSPS) is 22.1. The molecule has 0 radical (unpaired) electrons. The van der Waals surface area contributed by atoms with Gasteiger partial charge in [0.1, 0.15) is 0 Å². The maximum atomic E-state index is 12.7. The number of nitrogens with one attached hydrogen (secondary N) is 2. The van der Waals surface area contributed by atoms with E-state index in [9.17, 15) is 4.79 Å². The lowest BCUT2D eigenvalue weighted by Crippen LogP contribution is -2.42. The number of amides is 1. The Morgan fingerprint density at radius 1 is 1.48 bits per heavy atom. The number of carbonyl (C=O) groups is 1. The molecule has 2 aromatic rings. The van der Waals surface area contributed by atoms with E-state index in [-0.39, 0.29) is 11.3 Å². The molecule has 1 unspecified atom stereocenters. The fourth-order valence-corrected chi connectivity index (χ4v) is 3.93. The van der Waals surface area contributed by atoms with Crippen molar-refractivity contribution in [2.75, 3.05) is 18.4 Å². The van der Waals surface area contributed by atoms with Crippen LogP contribution in [0, 0.1) is 18.3 Å². The fraction of sp³-hybridized carbons (Fsp3) is 0.500. The lowest BCUT2D eigenvalue weighted by molar-refractivity contribution is -0.126.